The Balaban J connectivity index is 1.31. The van der Waals surface area contributed by atoms with Crippen LogP contribution in [0.2, 0.25) is 5.15 Å². The highest BCUT2D eigenvalue weighted by Crippen LogP contribution is 2.26. The van der Waals surface area contributed by atoms with E-state index in [1.165, 1.54) is 11.8 Å². The summed E-state index contributed by atoms with van der Waals surface area (Å²) in [5, 5.41) is 1.05. The Morgan fingerprint density at radius 1 is 1.12 bits per heavy atom. The van der Waals surface area contributed by atoms with E-state index in [0.717, 1.165) is 24.5 Å². The van der Waals surface area contributed by atoms with Crippen LogP contribution in [0, 0.1) is 5.92 Å². The molecule has 0 aliphatic carbocycles. The molecule has 2 fully saturated rings. The first-order valence-electron chi connectivity index (χ1n) is 11.6. The number of anilines is 1. The number of aromatic nitrogens is 2. The Kier molecular flexibility index (Phi) is 8.64. The third kappa shape index (κ3) is 6.40. The SMILES string of the molecule is CCOC(=O)C1CCN(C(=O)c2ccc(CSc3nc(Cl)cc(N4CCOCC4)n3)cc2)CC1. The highest BCUT2D eigenvalue weighted by atomic mass is 35.5. The molecule has 0 bridgehead atoms. The maximum Gasteiger partial charge on any atom is 0.309 e. The molecule has 1 aromatic heterocycles. The topological polar surface area (TPSA) is 84.9 Å². The van der Waals surface area contributed by atoms with Crippen LogP contribution in [-0.4, -0.2) is 72.7 Å². The zero-order chi connectivity index (χ0) is 23.9. The number of likely N-dealkylation sites (tertiary alicyclic amines) is 1. The van der Waals surface area contributed by atoms with Crippen LogP contribution >= 0.6 is 23.4 Å². The van der Waals surface area contributed by atoms with Gasteiger partial charge in [-0.2, -0.15) is 0 Å². The molecule has 0 N–H and O–H groups in total. The van der Waals surface area contributed by atoms with Crippen LogP contribution in [0.3, 0.4) is 0 Å². The number of benzene rings is 1. The smallest absolute Gasteiger partial charge is 0.309 e. The minimum atomic E-state index is -0.155. The van der Waals surface area contributed by atoms with Gasteiger partial charge in [-0.3, -0.25) is 9.59 Å². The number of hydrogen-bond donors (Lipinski definition) is 0. The summed E-state index contributed by atoms with van der Waals surface area (Å²) >= 11 is 7.74. The van der Waals surface area contributed by atoms with E-state index >= 15 is 0 Å². The monoisotopic (exact) mass is 504 g/mol. The van der Waals surface area contributed by atoms with Crippen molar-refractivity contribution in [1.82, 2.24) is 14.9 Å². The molecule has 8 nitrogen and oxygen atoms in total. The van der Waals surface area contributed by atoms with E-state index in [-0.39, 0.29) is 17.8 Å². The van der Waals surface area contributed by atoms with Crippen molar-refractivity contribution in [1.29, 1.82) is 0 Å². The molecule has 2 aliphatic rings. The molecule has 2 saturated heterocycles. The number of rotatable bonds is 7. The fraction of sp³-hybridized carbons (Fsp3) is 0.500. The number of thioether (sulfide) groups is 1. The van der Waals surface area contributed by atoms with Gasteiger partial charge in [0.05, 0.1) is 25.7 Å². The lowest BCUT2D eigenvalue weighted by atomic mass is 9.96. The summed E-state index contributed by atoms with van der Waals surface area (Å²) in [5.74, 6) is 1.22. The second-order valence-electron chi connectivity index (χ2n) is 8.23. The lowest BCUT2D eigenvalue weighted by molar-refractivity contribution is -0.149. The van der Waals surface area contributed by atoms with E-state index in [9.17, 15) is 9.59 Å². The number of nitrogens with zero attached hydrogens (tertiary/aromatic N) is 4. The molecule has 182 valence electrons. The lowest BCUT2D eigenvalue weighted by Gasteiger charge is -2.31. The maximum atomic E-state index is 12.9. The molecule has 10 heteroatoms. The summed E-state index contributed by atoms with van der Waals surface area (Å²) in [7, 11) is 0. The Hall–Kier alpha value is -2.36. The summed E-state index contributed by atoms with van der Waals surface area (Å²) in [6, 6.07) is 9.41. The van der Waals surface area contributed by atoms with Gasteiger partial charge in [-0.05, 0) is 37.5 Å². The van der Waals surface area contributed by atoms with Crippen LogP contribution < -0.4 is 4.90 Å². The molecule has 1 aromatic carbocycles. The third-order valence-corrected chi connectivity index (χ3v) is 7.08. The largest absolute Gasteiger partial charge is 0.466 e. The molecule has 1 amide bonds. The van der Waals surface area contributed by atoms with Crippen molar-refractivity contribution in [2.24, 2.45) is 5.92 Å². The van der Waals surface area contributed by atoms with E-state index in [1.807, 2.05) is 36.1 Å². The Labute approximate surface area is 209 Å². The Morgan fingerprint density at radius 3 is 2.50 bits per heavy atom. The van der Waals surface area contributed by atoms with Crippen molar-refractivity contribution in [2.45, 2.75) is 30.7 Å². The van der Waals surface area contributed by atoms with Crippen LogP contribution in [0.15, 0.2) is 35.5 Å². The summed E-state index contributed by atoms with van der Waals surface area (Å²) in [6.07, 6.45) is 1.29. The van der Waals surface area contributed by atoms with Crippen molar-refractivity contribution in [2.75, 3.05) is 50.9 Å². The summed E-state index contributed by atoms with van der Waals surface area (Å²) in [4.78, 5) is 37.7. The predicted octanol–water partition coefficient (Wildman–Crippen LogP) is 3.67. The molecule has 0 unspecified atom stereocenters. The van der Waals surface area contributed by atoms with E-state index < -0.39 is 0 Å². The second-order valence-corrected chi connectivity index (χ2v) is 9.56. The minimum Gasteiger partial charge on any atom is -0.466 e. The van der Waals surface area contributed by atoms with Crippen molar-refractivity contribution >= 4 is 41.1 Å². The summed E-state index contributed by atoms with van der Waals surface area (Å²) in [5.41, 5.74) is 1.72. The summed E-state index contributed by atoms with van der Waals surface area (Å²) in [6.45, 7) is 6.26. The first-order chi connectivity index (χ1) is 16.5. The van der Waals surface area contributed by atoms with Crippen LogP contribution in [0.1, 0.15) is 35.7 Å². The number of carbonyl (C=O) groups excluding carboxylic acids is 2. The summed E-state index contributed by atoms with van der Waals surface area (Å²) < 4.78 is 10.5. The van der Waals surface area contributed by atoms with Gasteiger partial charge in [0.25, 0.3) is 5.91 Å². The molecular formula is C24H29ClN4O4S. The average molecular weight is 505 g/mol. The Morgan fingerprint density at radius 2 is 1.82 bits per heavy atom. The van der Waals surface area contributed by atoms with Gasteiger partial charge in [-0.15, -0.1) is 0 Å². The molecule has 2 aromatic rings. The van der Waals surface area contributed by atoms with Crippen molar-refractivity contribution in [3.63, 3.8) is 0 Å². The van der Waals surface area contributed by atoms with Gasteiger partial charge >= 0.3 is 5.97 Å². The van der Waals surface area contributed by atoms with Gasteiger partial charge in [0.2, 0.25) is 0 Å². The molecule has 3 heterocycles. The van der Waals surface area contributed by atoms with Crippen molar-refractivity contribution in [3.8, 4) is 0 Å². The van der Waals surface area contributed by atoms with Crippen LogP contribution in [0.25, 0.3) is 0 Å². The number of piperidine rings is 1. The van der Waals surface area contributed by atoms with Crippen molar-refractivity contribution < 1.29 is 19.1 Å². The van der Waals surface area contributed by atoms with Gasteiger partial charge in [0, 0.05) is 43.6 Å². The van der Waals surface area contributed by atoms with Crippen molar-refractivity contribution in [3.05, 3.63) is 46.6 Å². The molecule has 0 saturated carbocycles. The first-order valence-corrected chi connectivity index (χ1v) is 12.9. The van der Waals surface area contributed by atoms with E-state index in [0.29, 0.717) is 67.4 Å². The molecular weight excluding hydrogens is 476 g/mol. The number of morpholine rings is 1. The fourth-order valence-corrected chi connectivity index (χ4v) is 5.09. The normalized spacial score (nSPS) is 17.0. The highest BCUT2D eigenvalue weighted by Gasteiger charge is 2.28. The quantitative estimate of drug-likeness (QED) is 0.244. The van der Waals surface area contributed by atoms with Crippen LogP contribution in [0.4, 0.5) is 5.82 Å². The van der Waals surface area contributed by atoms with Crippen LogP contribution in [-0.2, 0) is 20.0 Å². The predicted molar refractivity (Wildman–Crippen MR) is 131 cm³/mol. The number of esters is 1. The molecule has 4 rings (SSSR count). The van der Waals surface area contributed by atoms with E-state index in [2.05, 4.69) is 14.9 Å². The van der Waals surface area contributed by atoms with Gasteiger partial charge in [0.15, 0.2) is 5.16 Å². The zero-order valence-corrected chi connectivity index (χ0v) is 20.8. The lowest BCUT2D eigenvalue weighted by Crippen LogP contribution is -2.40. The highest BCUT2D eigenvalue weighted by molar-refractivity contribution is 7.98. The number of amides is 1. The maximum absolute atomic E-state index is 12.9. The van der Waals surface area contributed by atoms with Gasteiger partial charge < -0.3 is 19.3 Å². The van der Waals surface area contributed by atoms with Gasteiger partial charge in [-0.1, -0.05) is 35.5 Å². The number of hydrogen-bond acceptors (Lipinski definition) is 8. The Bertz CT molecular complexity index is 993. The zero-order valence-electron chi connectivity index (χ0n) is 19.2. The fourth-order valence-electron chi connectivity index (χ4n) is 4.06. The molecule has 0 radical (unpaired) electrons. The number of halogens is 1. The molecule has 0 atom stereocenters. The molecule has 34 heavy (non-hydrogen) atoms. The van der Waals surface area contributed by atoms with Gasteiger partial charge in [-0.25, -0.2) is 9.97 Å². The van der Waals surface area contributed by atoms with Gasteiger partial charge in [0.1, 0.15) is 11.0 Å². The minimum absolute atomic E-state index is 0.00478. The standard InChI is InChI=1S/C24H29ClN4O4S/c1-2-33-23(31)19-7-9-29(10-8-19)22(30)18-5-3-17(4-6-18)16-34-24-26-20(25)15-21(27-24)28-11-13-32-14-12-28/h3-6,15,19H,2,7-14,16H2,1H3. The average Bonchev–Trinajstić information content (AvgIpc) is 2.88. The van der Waals surface area contributed by atoms with E-state index in [4.69, 9.17) is 21.1 Å². The van der Waals surface area contributed by atoms with E-state index in [1.54, 1.807) is 6.07 Å². The third-order valence-electron chi connectivity index (χ3n) is 5.97. The molecule has 0 spiro atoms. The molecule has 2 aliphatic heterocycles. The van der Waals surface area contributed by atoms with Crippen LogP contribution in [0.5, 0.6) is 0 Å². The first kappa shape index (κ1) is 24.8. The second kappa shape index (κ2) is 11.9. The number of ether oxygens (including phenoxy) is 2. The number of carbonyl (C=O) groups is 2.